The second kappa shape index (κ2) is 8.61. The molecule has 0 saturated carbocycles. The summed E-state index contributed by atoms with van der Waals surface area (Å²) < 4.78 is 18.9. The van der Waals surface area contributed by atoms with Crippen molar-refractivity contribution < 1.29 is 19.0 Å². The number of rotatable bonds is 8. The van der Waals surface area contributed by atoms with Gasteiger partial charge in [-0.25, -0.2) is 9.97 Å². The van der Waals surface area contributed by atoms with Gasteiger partial charge in [0.1, 0.15) is 5.52 Å². The van der Waals surface area contributed by atoms with Crippen LogP contribution in [0.15, 0.2) is 30.6 Å². The van der Waals surface area contributed by atoms with E-state index in [0.717, 1.165) is 35.3 Å². The number of carbonyl (C=O) groups excluding carboxylic acids is 1. The fourth-order valence-corrected chi connectivity index (χ4v) is 3.73. The van der Waals surface area contributed by atoms with Gasteiger partial charge in [-0.05, 0) is 43.5 Å². The Morgan fingerprint density at radius 1 is 1.20 bits per heavy atom. The number of ether oxygens (including phenoxy) is 3. The van der Waals surface area contributed by atoms with E-state index >= 15 is 0 Å². The molecule has 3 heterocycles. The zero-order valence-electron chi connectivity index (χ0n) is 17.5. The number of benzene rings is 1. The highest BCUT2D eigenvalue weighted by Gasteiger charge is 2.22. The first-order chi connectivity index (χ1) is 14.6. The van der Waals surface area contributed by atoms with Crippen molar-refractivity contribution in [2.24, 2.45) is 5.92 Å². The Hall–Kier alpha value is -3.29. The summed E-state index contributed by atoms with van der Waals surface area (Å²) in [7, 11) is 3.22. The molecule has 2 aromatic heterocycles. The second-order valence-electron chi connectivity index (χ2n) is 7.29. The fourth-order valence-electron chi connectivity index (χ4n) is 3.73. The van der Waals surface area contributed by atoms with Crippen LogP contribution in [0.4, 0.5) is 0 Å². The normalized spacial score (nSPS) is 16.0. The van der Waals surface area contributed by atoms with Crippen LogP contribution < -0.4 is 19.5 Å². The number of imidazole rings is 1. The first-order valence-corrected chi connectivity index (χ1v) is 10.1. The van der Waals surface area contributed by atoms with Gasteiger partial charge in [0.15, 0.2) is 11.5 Å². The number of hydrogen-bond acceptors (Lipinski definition) is 6. The number of aryl methyl sites for hydroxylation is 1. The first-order valence-electron chi connectivity index (χ1n) is 10.1. The summed E-state index contributed by atoms with van der Waals surface area (Å²) in [6, 6.07) is 7.64. The van der Waals surface area contributed by atoms with Crippen LogP contribution in [0.5, 0.6) is 17.4 Å². The van der Waals surface area contributed by atoms with E-state index < -0.39 is 0 Å². The number of hydrogen-bond donors (Lipinski definition) is 1. The van der Waals surface area contributed by atoms with Gasteiger partial charge in [-0.1, -0.05) is 0 Å². The molecule has 1 atom stereocenters. The summed E-state index contributed by atoms with van der Waals surface area (Å²) in [6.07, 6.45) is 3.16. The molecule has 0 bridgehead atoms. The third kappa shape index (κ3) is 3.90. The highest BCUT2D eigenvalue weighted by Crippen LogP contribution is 2.34. The van der Waals surface area contributed by atoms with E-state index in [1.807, 2.05) is 28.8 Å². The maximum Gasteiger partial charge on any atom is 0.240 e. The van der Waals surface area contributed by atoms with Crippen LogP contribution in [0.2, 0.25) is 0 Å². The van der Waals surface area contributed by atoms with Gasteiger partial charge in [-0.3, -0.25) is 4.79 Å². The lowest BCUT2D eigenvalue weighted by atomic mass is 10.1. The highest BCUT2D eigenvalue weighted by molar-refractivity contribution is 5.85. The Morgan fingerprint density at radius 2 is 2.03 bits per heavy atom. The number of amides is 1. The molecule has 0 unspecified atom stereocenters. The lowest BCUT2D eigenvalue weighted by molar-refractivity contribution is -0.119. The summed E-state index contributed by atoms with van der Waals surface area (Å²) >= 11 is 0. The van der Waals surface area contributed by atoms with Crippen LogP contribution >= 0.6 is 0 Å². The molecule has 1 aliphatic heterocycles. The average molecular weight is 410 g/mol. The van der Waals surface area contributed by atoms with Gasteiger partial charge in [0.05, 0.1) is 38.4 Å². The molecule has 8 nitrogen and oxygen atoms in total. The average Bonchev–Trinajstić information content (AvgIpc) is 3.38. The summed E-state index contributed by atoms with van der Waals surface area (Å²) in [5.74, 6) is 2.26. The van der Waals surface area contributed by atoms with E-state index in [4.69, 9.17) is 19.2 Å². The third-order valence-electron chi connectivity index (χ3n) is 5.41. The van der Waals surface area contributed by atoms with Crippen molar-refractivity contribution in [3.8, 4) is 28.6 Å². The van der Waals surface area contributed by atoms with Crippen LogP contribution in [0.1, 0.15) is 19.8 Å². The van der Waals surface area contributed by atoms with E-state index in [0.29, 0.717) is 42.9 Å². The molecule has 1 fully saturated rings. The van der Waals surface area contributed by atoms with Crippen LogP contribution in [-0.4, -0.2) is 47.8 Å². The Labute approximate surface area is 175 Å². The standard InChI is InChI=1S/C22H26N4O4/c1-4-26-13-24-17-11-16(15-5-6-18(28-2)19(10-15)29-3)25-22(21(17)26)30-8-7-14-9-20(27)23-12-14/h5-6,10-11,13-14H,4,7-9,12H2,1-3H3,(H,23,27)/t14-/m1/s1. The first kappa shape index (κ1) is 20.0. The molecule has 1 N–H and O–H groups in total. The van der Waals surface area contributed by atoms with Gasteiger partial charge in [0.25, 0.3) is 0 Å². The highest BCUT2D eigenvalue weighted by atomic mass is 16.5. The second-order valence-corrected chi connectivity index (χ2v) is 7.29. The van der Waals surface area contributed by atoms with E-state index in [9.17, 15) is 4.79 Å². The summed E-state index contributed by atoms with van der Waals surface area (Å²) in [6.45, 7) is 4.03. The molecule has 30 heavy (non-hydrogen) atoms. The minimum absolute atomic E-state index is 0.111. The van der Waals surface area contributed by atoms with E-state index in [1.54, 1.807) is 20.5 Å². The smallest absolute Gasteiger partial charge is 0.240 e. The van der Waals surface area contributed by atoms with Crippen molar-refractivity contribution in [2.45, 2.75) is 26.3 Å². The van der Waals surface area contributed by atoms with Crippen LogP contribution in [-0.2, 0) is 11.3 Å². The van der Waals surface area contributed by atoms with E-state index in [2.05, 4.69) is 17.2 Å². The largest absolute Gasteiger partial charge is 0.493 e. The molecule has 0 aliphatic carbocycles. The maximum atomic E-state index is 11.4. The zero-order chi connectivity index (χ0) is 21.1. The molecule has 0 radical (unpaired) electrons. The number of nitrogens with zero attached hydrogens (tertiary/aromatic N) is 3. The molecule has 158 valence electrons. The van der Waals surface area contributed by atoms with Crippen molar-refractivity contribution in [1.82, 2.24) is 19.9 Å². The molecular weight excluding hydrogens is 384 g/mol. The third-order valence-corrected chi connectivity index (χ3v) is 5.41. The lowest BCUT2D eigenvalue weighted by Crippen LogP contribution is -2.14. The fraction of sp³-hybridized carbons (Fsp3) is 0.409. The number of carbonyl (C=O) groups is 1. The molecular formula is C22H26N4O4. The van der Waals surface area contributed by atoms with Gasteiger partial charge < -0.3 is 24.1 Å². The van der Waals surface area contributed by atoms with Crippen molar-refractivity contribution >= 4 is 16.9 Å². The molecule has 0 spiro atoms. The van der Waals surface area contributed by atoms with E-state index in [-0.39, 0.29) is 5.91 Å². The minimum Gasteiger partial charge on any atom is -0.493 e. The summed E-state index contributed by atoms with van der Waals surface area (Å²) in [5, 5.41) is 2.87. The van der Waals surface area contributed by atoms with Gasteiger partial charge in [-0.15, -0.1) is 0 Å². The molecule has 1 amide bonds. The van der Waals surface area contributed by atoms with E-state index in [1.165, 1.54) is 0 Å². The van der Waals surface area contributed by atoms with Crippen LogP contribution in [0.25, 0.3) is 22.3 Å². The van der Waals surface area contributed by atoms with Crippen molar-refractivity contribution in [3.63, 3.8) is 0 Å². The molecule has 1 aromatic carbocycles. The number of pyridine rings is 1. The summed E-state index contributed by atoms with van der Waals surface area (Å²) in [4.78, 5) is 20.8. The van der Waals surface area contributed by atoms with Gasteiger partial charge in [0.2, 0.25) is 11.8 Å². The number of nitrogens with one attached hydrogen (secondary N) is 1. The van der Waals surface area contributed by atoms with Crippen LogP contribution in [0, 0.1) is 5.92 Å². The predicted octanol–water partition coefficient (Wildman–Crippen LogP) is 3.04. The number of fused-ring (bicyclic) bond motifs is 1. The molecule has 8 heteroatoms. The van der Waals surface area contributed by atoms with Crippen molar-refractivity contribution in [3.05, 3.63) is 30.6 Å². The minimum atomic E-state index is 0.111. The Bertz CT molecular complexity index is 1060. The van der Waals surface area contributed by atoms with Crippen molar-refractivity contribution in [2.75, 3.05) is 27.4 Å². The predicted molar refractivity (Wildman–Crippen MR) is 113 cm³/mol. The zero-order valence-corrected chi connectivity index (χ0v) is 17.5. The van der Waals surface area contributed by atoms with Gasteiger partial charge in [0, 0.05) is 25.1 Å². The molecule has 1 saturated heterocycles. The lowest BCUT2D eigenvalue weighted by Gasteiger charge is -2.13. The molecule has 4 rings (SSSR count). The monoisotopic (exact) mass is 410 g/mol. The Kier molecular flexibility index (Phi) is 5.74. The summed E-state index contributed by atoms with van der Waals surface area (Å²) in [5.41, 5.74) is 3.33. The molecule has 1 aliphatic rings. The number of methoxy groups -OCH3 is 2. The SMILES string of the molecule is CCn1cnc2cc(-c3ccc(OC)c(OC)c3)nc(OCC[C@H]3CNC(=O)C3)c21. The van der Waals surface area contributed by atoms with Gasteiger partial charge >= 0.3 is 0 Å². The molecule has 3 aromatic rings. The quantitative estimate of drug-likeness (QED) is 0.614. The van der Waals surface area contributed by atoms with Crippen LogP contribution in [0.3, 0.4) is 0 Å². The maximum absolute atomic E-state index is 11.4. The van der Waals surface area contributed by atoms with Crippen molar-refractivity contribution in [1.29, 1.82) is 0 Å². The topological polar surface area (TPSA) is 87.5 Å². The Balaban J connectivity index is 1.65. The number of aromatic nitrogens is 3. The Morgan fingerprint density at radius 3 is 2.73 bits per heavy atom. The van der Waals surface area contributed by atoms with Gasteiger partial charge in [-0.2, -0.15) is 0 Å².